The van der Waals surface area contributed by atoms with Crippen LogP contribution in [0.2, 0.25) is 0 Å². The first-order valence-corrected chi connectivity index (χ1v) is 12.1. The maximum atomic E-state index is 14.1. The number of hydrogen-bond donors (Lipinski definition) is 2. The Morgan fingerprint density at radius 2 is 1.81 bits per heavy atom. The third-order valence-corrected chi connectivity index (χ3v) is 7.56. The van der Waals surface area contributed by atoms with E-state index in [0.717, 1.165) is 48.2 Å². The van der Waals surface area contributed by atoms with Crippen LogP contribution < -0.4 is 10.6 Å². The molecule has 0 radical (unpaired) electrons. The third kappa shape index (κ3) is 6.49. The number of carbonyl (C=O) groups is 3. The lowest BCUT2D eigenvalue weighted by Crippen LogP contribution is -2.48. The number of nitrogens with zero attached hydrogens (tertiary/aromatic N) is 1. The molecule has 9 nitrogen and oxygen atoms in total. The number of sulfonamides is 1. The number of urea groups is 1. The molecular formula is C21H30FN3O6S. The highest BCUT2D eigenvalue weighted by molar-refractivity contribution is 7.89. The predicted molar refractivity (Wildman–Crippen MR) is 115 cm³/mol. The molecule has 1 saturated carbocycles. The molecule has 32 heavy (non-hydrogen) atoms. The van der Waals surface area contributed by atoms with Gasteiger partial charge in [0, 0.05) is 19.1 Å². The fourth-order valence-corrected chi connectivity index (χ4v) is 5.13. The van der Waals surface area contributed by atoms with Gasteiger partial charge in [-0.2, -0.15) is 4.31 Å². The van der Waals surface area contributed by atoms with Crippen molar-refractivity contribution < 1.29 is 31.9 Å². The number of ether oxygens (including phenoxy) is 1. The number of imide groups is 1. The van der Waals surface area contributed by atoms with E-state index in [1.165, 1.54) is 0 Å². The summed E-state index contributed by atoms with van der Waals surface area (Å²) in [5.41, 5.74) is -0.619. The van der Waals surface area contributed by atoms with E-state index in [-0.39, 0.29) is 24.0 Å². The molecule has 178 valence electrons. The maximum Gasteiger partial charge on any atom is 0.341 e. The van der Waals surface area contributed by atoms with Crippen molar-refractivity contribution in [1.29, 1.82) is 0 Å². The fourth-order valence-electron chi connectivity index (χ4n) is 3.64. The number of hydrogen-bond acceptors (Lipinski definition) is 6. The Morgan fingerprint density at radius 1 is 1.16 bits per heavy atom. The van der Waals surface area contributed by atoms with Crippen molar-refractivity contribution in [3.05, 3.63) is 29.6 Å². The molecule has 2 unspecified atom stereocenters. The molecule has 1 aliphatic carbocycles. The molecule has 0 bridgehead atoms. The quantitative estimate of drug-likeness (QED) is 0.562. The molecule has 3 amide bonds. The van der Waals surface area contributed by atoms with Gasteiger partial charge in [-0.3, -0.25) is 10.1 Å². The topological polar surface area (TPSA) is 122 Å². The molecule has 0 heterocycles. The Hall–Kier alpha value is -2.53. The number of nitrogens with one attached hydrogen (secondary N) is 2. The second kappa shape index (κ2) is 11.4. The van der Waals surface area contributed by atoms with Crippen molar-refractivity contribution in [2.75, 3.05) is 19.7 Å². The van der Waals surface area contributed by atoms with Gasteiger partial charge in [0.1, 0.15) is 5.82 Å². The van der Waals surface area contributed by atoms with Crippen LogP contribution >= 0.6 is 0 Å². The second-order valence-electron chi connectivity index (χ2n) is 7.70. The van der Waals surface area contributed by atoms with Gasteiger partial charge in [-0.1, -0.05) is 33.6 Å². The Labute approximate surface area is 187 Å². The second-order valence-corrected chi connectivity index (χ2v) is 9.63. The summed E-state index contributed by atoms with van der Waals surface area (Å²) in [7, 11) is -3.91. The summed E-state index contributed by atoms with van der Waals surface area (Å²) in [6.07, 6.45) is 3.91. The summed E-state index contributed by atoms with van der Waals surface area (Å²) in [4.78, 5) is 35.9. The highest BCUT2D eigenvalue weighted by Crippen LogP contribution is 2.23. The van der Waals surface area contributed by atoms with Gasteiger partial charge in [0.15, 0.2) is 6.61 Å². The molecular weight excluding hydrogens is 441 g/mol. The van der Waals surface area contributed by atoms with Crippen LogP contribution in [0.15, 0.2) is 23.1 Å². The van der Waals surface area contributed by atoms with Crippen molar-refractivity contribution in [1.82, 2.24) is 14.9 Å². The lowest BCUT2D eigenvalue weighted by atomic mass is 9.86. The zero-order chi connectivity index (χ0) is 23.9. The normalized spacial score (nSPS) is 18.8. The van der Waals surface area contributed by atoms with Crippen LogP contribution in [0.25, 0.3) is 0 Å². The van der Waals surface area contributed by atoms with Crippen LogP contribution in [-0.4, -0.2) is 56.4 Å². The van der Waals surface area contributed by atoms with Crippen LogP contribution in [0.5, 0.6) is 0 Å². The monoisotopic (exact) mass is 471 g/mol. The van der Waals surface area contributed by atoms with E-state index >= 15 is 0 Å². The SMILES string of the molecule is CCN(CC)S(=O)(=O)c1ccc(F)c(C(=O)OCC(=O)NC(=O)NC2CCCCC2C)c1. The summed E-state index contributed by atoms with van der Waals surface area (Å²) in [6.45, 7) is 4.93. The minimum atomic E-state index is -3.91. The summed E-state index contributed by atoms with van der Waals surface area (Å²) < 4.78 is 45.3. The standard InChI is InChI=1S/C21H30FN3O6S/c1-4-25(5-2)32(29,30)15-10-11-17(22)16(12-15)20(27)31-13-19(26)24-21(28)23-18-9-7-6-8-14(18)3/h10-12,14,18H,4-9,13H2,1-3H3,(H2,23,24,26,28). The van der Waals surface area contributed by atoms with Crippen LogP contribution in [0.4, 0.5) is 9.18 Å². The summed E-state index contributed by atoms with van der Waals surface area (Å²) >= 11 is 0. The number of esters is 1. The van der Waals surface area contributed by atoms with Gasteiger partial charge in [-0.25, -0.2) is 22.4 Å². The molecule has 11 heteroatoms. The van der Waals surface area contributed by atoms with Gasteiger partial charge in [0.25, 0.3) is 5.91 Å². The third-order valence-electron chi connectivity index (χ3n) is 5.52. The van der Waals surface area contributed by atoms with Gasteiger partial charge < -0.3 is 10.1 Å². The number of benzene rings is 1. The zero-order valence-electron chi connectivity index (χ0n) is 18.5. The van der Waals surface area contributed by atoms with E-state index in [2.05, 4.69) is 10.6 Å². The van der Waals surface area contributed by atoms with Gasteiger partial charge >= 0.3 is 12.0 Å². The first-order chi connectivity index (χ1) is 15.1. The first-order valence-electron chi connectivity index (χ1n) is 10.7. The van der Waals surface area contributed by atoms with E-state index in [1.807, 2.05) is 6.92 Å². The minimum Gasteiger partial charge on any atom is -0.452 e. The van der Waals surface area contributed by atoms with Crippen molar-refractivity contribution in [3.63, 3.8) is 0 Å². The molecule has 1 aliphatic rings. The number of amides is 3. The summed E-state index contributed by atoms with van der Waals surface area (Å²) in [5, 5.41) is 4.80. The lowest BCUT2D eigenvalue weighted by molar-refractivity contribution is -0.123. The lowest BCUT2D eigenvalue weighted by Gasteiger charge is -2.29. The van der Waals surface area contributed by atoms with Crippen molar-refractivity contribution >= 4 is 27.9 Å². The smallest absolute Gasteiger partial charge is 0.341 e. The van der Waals surface area contributed by atoms with Crippen molar-refractivity contribution in [3.8, 4) is 0 Å². The molecule has 1 aromatic rings. The Kier molecular flexibility index (Phi) is 9.14. The zero-order valence-corrected chi connectivity index (χ0v) is 19.3. The molecule has 2 atom stereocenters. The molecule has 0 aliphatic heterocycles. The average Bonchev–Trinajstić information content (AvgIpc) is 2.74. The first kappa shape index (κ1) is 25.7. The average molecular weight is 472 g/mol. The fraction of sp³-hybridized carbons (Fsp3) is 0.571. The molecule has 0 spiro atoms. The molecule has 0 aromatic heterocycles. The molecule has 2 N–H and O–H groups in total. The van der Waals surface area contributed by atoms with E-state index in [0.29, 0.717) is 5.92 Å². The van der Waals surface area contributed by atoms with Crippen molar-refractivity contribution in [2.24, 2.45) is 5.92 Å². The van der Waals surface area contributed by atoms with Crippen LogP contribution in [0.1, 0.15) is 56.8 Å². The minimum absolute atomic E-state index is 0.0382. The molecule has 2 rings (SSSR count). The van der Waals surface area contributed by atoms with Crippen molar-refractivity contribution in [2.45, 2.75) is 57.4 Å². The van der Waals surface area contributed by atoms with Crippen LogP contribution in [-0.2, 0) is 19.6 Å². The summed E-state index contributed by atoms with van der Waals surface area (Å²) in [6, 6.07) is 2.06. The predicted octanol–water partition coefficient (Wildman–Crippen LogP) is 2.42. The summed E-state index contributed by atoms with van der Waals surface area (Å²) in [5.74, 6) is -2.79. The Bertz CT molecular complexity index is 949. The van der Waals surface area contributed by atoms with Gasteiger partial charge in [-0.15, -0.1) is 0 Å². The van der Waals surface area contributed by atoms with E-state index in [4.69, 9.17) is 4.74 Å². The number of halogens is 1. The number of carbonyl (C=O) groups excluding carboxylic acids is 3. The molecule has 1 aromatic carbocycles. The molecule has 1 fully saturated rings. The number of rotatable bonds is 8. The van der Waals surface area contributed by atoms with E-state index < -0.39 is 45.9 Å². The Morgan fingerprint density at radius 3 is 2.44 bits per heavy atom. The van der Waals surface area contributed by atoms with Gasteiger partial charge in [-0.05, 0) is 37.0 Å². The Balaban J connectivity index is 1.97. The van der Waals surface area contributed by atoms with Gasteiger partial charge in [0.05, 0.1) is 10.5 Å². The van der Waals surface area contributed by atoms with Gasteiger partial charge in [0.2, 0.25) is 10.0 Å². The highest BCUT2D eigenvalue weighted by atomic mass is 32.2. The largest absolute Gasteiger partial charge is 0.452 e. The van der Waals surface area contributed by atoms with E-state index in [9.17, 15) is 27.2 Å². The molecule has 0 saturated heterocycles. The highest BCUT2D eigenvalue weighted by Gasteiger charge is 2.26. The maximum absolute atomic E-state index is 14.1. The van der Waals surface area contributed by atoms with E-state index in [1.54, 1.807) is 13.8 Å². The van der Waals surface area contributed by atoms with Crippen LogP contribution in [0.3, 0.4) is 0 Å². The van der Waals surface area contributed by atoms with Crippen LogP contribution in [0, 0.1) is 11.7 Å².